The van der Waals surface area contributed by atoms with Crippen LogP contribution in [0.2, 0.25) is 5.02 Å². The van der Waals surface area contributed by atoms with Crippen molar-refractivity contribution in [3.05, 3.63) is 69.7 Å². The van der Waals surface area contributed by atoms with Crippen LogP contribution in [0.4, 0.5) is 0 Å². The summed E-state index contributed by atoms with van der Waals surface area (Å²) in [5, 5.41) is 0.998. The number of hydrogen-bond donors (Lipinski definition) is 0. The van der Waals surface area contributed by atoms with E-state index >= 15 is 0 Å². The number of halogens is 1. The van der Waals surface area contributed by atoms with E-state index in [1.807, 2.05) is 0 Å². The molecule has 0 amide bonds. The molecule has 0 nitrogen and oxygen atoms in total. The van der Waals surface area contributed by atoms with Gasteiger partial charge in [0.05, 0.1) is 0 Å². The molecule has 0 spiro atoms. The van der Waals surface area contributed by atoms with Crippen molar-refractivity contribution in [2.24, 2.45) is 5.92 Å². The SMILES string of the molecule is CCCCCc1ccc(CCc2ccc([C@H]3CC[C@H](CCCCC)CC3)c(Cl)c2)cc1. The lowest BCUT2D eigenvalue weighted by Gasteiger charge is -2.29. The van der Waals surface area contributed by atoms with Gasteiger partial charge in [-0.05, 0) is 91.5 Å². The van der Waals surface area contributed by atoms with Crippen LogP contribution in [-0.4, -0.2) is 0 Å². The van der Waals surface area contributed by atoms with E-state index in [-0.39, 0.29) is 0 Å². The number of benzene rings is 2. The van der Waals surface area contributed by atoms with Crippen molar-refractivity contribution in [3.8, 4) is 0 Å². The normalized spacial score (nSPS) is 18.9. The molecule has 3 rings (SSSR count). The fourth-order valence-electron chi connectivity index (χ4n) is 5.24. The molecule has 0 atom stereocenters. The molecule has 0 N–H and O–H groups in total. The molecule has 1 aliphatic rings. The largest absolute Gasteiger partial charge is 0.0840 e. The summed E-state index contributed by atoms with van der Waals surface area (Å²) >= 11 is 6.76. The predicted molar refractivity (Wildman–Crippen MR) is 137 cm³/mol. The van der Waals surface area contributed by atoms with Gasteiger partial charge in [-0.2, -0.15) is 0 Å². The highest BCUT2D eigenvalue weighted by molar-refractivity contribution is 6.31. The van der Waals surface area contributed by atoms with E-state index in [4.69, 9.17) is 11.6 Å². The maximum Gasteiger partial charge on any atom is 0.0443 e. The zero-order valence-corrected chi connectivity index (χ0v) is 20.7. The fraction of sp³-hybridized carbons (Fsp3) is 0.600. The Balaban J connectivity index is 1.46. The van der Waals surface area contributed by atoms with Crippen LogP contribution in [0.15, 0.2) is 42.5 Å². The van der Waals surface area contributed by atoms with Gasteiger partial charge < -0.3 is 0 Å². The summed E-state index contributed by atoms with van der Waals surface area (Å²) in [6.45, 7) is 4.57. The molecule has 2 aromatic carbocycles. The van der Waals surface area contributed by atoms with Crippen molar-refractivity contribution in [1.82, 2.24) is 0 Å². The van der Waals surface area contributed by atoms with Crippen molar-refractivity contribution >= 4 is 11.6 Å². The van der Waals surface area contributed by atoms with Crippen LogP contribution >= 0.6 is 11.6 Å². The highest BCUT2D eigenvalue weighted by Crippen LogP contribution is 2.40. The molecule has 1 fully saturated rings. The number of unbranched alkanes of at least 4 members (excludes halogenated alkanes) is 4. The van der Waals surface area contributed by atoms with E-state index in [0.29, 0.717) is 5.92 Å². The first-order valence-corrected chi connectivity index (χ1v) is 13.4. The molecule has 31 heavy (non-hydrogen) atoms. The van der Waals surface area contributed by atoms with Crippen LogP contribution in [0.5, 0.6) is 0 Å². The molecule has 1 aliphatic carbocycles. The van der Waals surface area contributed by atoms with Crippen molar-refractivity contribution in [3.63, 3.8) is 0 Å². The second-order valence-electron chi connectivity index (χ2n) is 9.84. The minimum absolute atomic E-state index is 0.671. The van der Waals surface area contributed by atoms with E-state index in [2.05, 4.69) is 56.3 Å². The number of hydrogen-bond acceptors (Lipinski definition) is 0. The van der Waals surface area contributed by atoms with Gasteiger partial charge in [-0.25, -0.2) is 0 Å². The van der Waals surface area contributed by atoms with Gasteiger partial charge in [0.15, 0.2) is 0 Å². The Morgan fingerprint density at radius 1 is 0.677 bits per heavy atom. The van der Waals surface area contributed by atoms with Gasteiger partial charge >= 0.3 is 0 Å². The lowest BCUT2D eigenvalue weighted by Crippen LogP contribution is -2.13. The standard InChI is InChI=1S/C30H43Cl/c1-3-5-7-9-24-11-13-26(14-12-24)15-16-27-19-22-29(30(31)23-27)28-20-17-25(18-21-28)10-8-6-4-2/h11-14,19,22-23,25,28H,3-10,15-18,20-21H2,1-2H3/t25-,28-. The molecule has 0 unspecified atom stereocenters. The number of aryl methyl sites for hydroxylation is 3. The molecule has 0 aliphatic heterocycles. The van der Waals surface area contributed by atoms with Crippen molar-refractivity contribution in [2.75, 3.05) is 0 Å². The van der Waals surface area contributed by atoms with E-state index in [1.54, 1.807) is 0 Å². The van der Waals surface area contributed by atoms with Crippen LogP contribution in [0.3, 0.4) is 0 Å². The van der Waals surface area contributed by atoms with Crippen LogP contribution in [-0.2, 0) is 19.3 Å². The molecule has 1 heteroatoms. The third-order valence-electron chi connectivity index (χ3n) is 7.36. The van der Waals surface area contributed by atoms with Crippen LogP contribution in [0.25, 0.3) is 0 Å². The van der Waals surface area contributed by atoms with E-state index in [1.165, 1.54) is 99.3 Å². The van der Waals surface area contributed by atoms with E-state index in [0.717, 1.165) is 23.8 Å². The molecule has 0 aromatic heterocycles. The summed E-state index contributed by atoms with van der Waals surface area (Å²) in [6, 6.07) is 16.2. The third-order valence-corrected chi connectivity index (χ3v) is 7.69. The van der Waals surface area contributed by atoms with E-state index < -0.39 is 0 Å². The average Bonchev–Trinajstić information content (AvgIpc) is 2.80. The molecule has 2 aromatic rings. The lowest BCUT2D eigenvalue weighted by molar-refractivity contribution is 0.303. The summed E-state index contributed by atoms with van der Waals surface area (Å²) in [6.07, 6.45) is 18.3. The van der Waals surface area contributed by atoms with Crippen molar-refractivity contribution in [1.29, 1.82) is 0 Å². The Bertz CT molecular complexity index is 752. The Kier molecular flexibility index (Phi) is 10.5. The average molecular weight is 439 g/mol. The van der Waals surface area contributed by atoms with Gasteiger partial charge in [-0.15, -0.1) is 0 Å². The summed E-state index contributed by atoms with van der Waals surface area (Å²) in [5.41, 5.74) is 5.67. The zero-order valence-electron chi connectivity index (χ0n) is 20.0. The van der Waals surface area contributed by atoms with Crippen molar-refractivity contribution < 1.29 is 0 Å². The van der Waals surface area contributed by atoms with Gasteiger partial charge in [-0.3, -0.25) is 0 Å². The second-order valence-corrected chi connectivity index (χ2v) is 10.3. The summed E-state index contributed by atoms with van der Waals surface area (Å²) in [5.74, 6) is 1.63. The molecule has 0 heterocycles. The molecule has 0 radical (unpaired) electrons. The lowest BCUT2D eigenvalue weighted by atomic mass is 9.77. The monoisotopic (exact) mass is 438 g/mol. The Morgan fingerprint density at radius 3 is 1.90 bits per heavy atom. The topological polar surface area (TPSA) is 0 Å². The quantitative estimate of drug-likeness (QED) is 0.289. The molecular weight excluding hydrogens is 396 g/mol. The molecular formula is C30H43Cl. The summed E-state index contributed by atoms with van der Waals surface area (Å²) in [7, 11) is 0. The highest BCUT2D eigenvalue weighted by Gasteiger charge is 2.23. The first-order valence-electron chi connectivity index (χ1n) is 13.1. The maximum atomic E-state index is 6.76. The van der Waals surface area contributed by atoms with Gasteiger partial charge in [0.1, 0.15) is 0 Å². The number of rotatable bonds is 12. The molecule has 0 saturated heterocycles. The third kappa shape index (κ3) is 7.98. The molecule has 1 saturated carbocycles. The highest BCUT2D eigenvalue weighted by atomic mass is 35.5. The van der Waals surface area contributed by atoms with Crippen LogP contribution in [0, 0.1) is 5.92 Å². The Labute approximate surface area is 196 Å². The summed E-state index contributed by atoms with van der Waals surface area (Å²) < 4.78 is 0. The van der Waals surface area contributed by atoms with E-state index in [9.17, 15) is 0 Å². The molecule has 0 bridgehead atoms. The maximum absolute atomic E-state index is 6.76. The van der Waals surface area contributed by atoms with Gasteiger partial charge in [0.25, 0.3) is 0 Å². The predicted octanol–water partition coefficient (Wildman–Crippen LogP) is 9.71. The first-order chi connectivity index (χ1) is 15.2. The zero-order chi connectivity index (χ0) is 21.9. The van der Waals surface area contributed by atoms with Crippen LogP contribution < -0.4 is 0 Å². The summed E-state index contributed by atoms with van der Waals surface area (Å²) in [4.78, 5) is 0. The first kappa shape index (κ1) is 24.4. The molecule has 170 valence electrons. The minimum atomic E-state index is 0.671. The Hall–Kier alpha value is -1.27. The van der Waals surface area contributed by atoms with Crippen LogP contribution in [0.1, 0.15) is 113 Å². The Morgan fingerprint density at radius 2 is 1.26 bits per heavy atom. The second kappa shape index (κ2) is 13.3. The van der Waals surface area contributed by atoms with Crippen molar-refractivity contribution in [2.45, 2.75) is 110 Å². The van der Waals surface area contributed by atoms with Gasteiger partial charge in [0.2, 0.25) is 0 Å². The van der Waals surface area contributed by atoms with Gasteiger partial charge in [0, 0.05) is 5.02 Å². The minimum Gasteiger partial charge on any atom is -0.0840 e. The van der Waals surface area contributed by atoms with Gasteiger partial charge in [-0.1, -0.05) is 100 Å². The smallest absolute Gasteiger partial charge is 0.0443 e. The fourth-order valence-corrected chi connectivity index (χ4v) is 5.60.